The number of hydrogen-bond acceptors (Lipinski definition) is 4. The predicted molar refractivity (Wildman–Crippen MR) is 128 cm³/mol. The Balaban J connectivity index is 0.00000280. The maximum absolute atomic E-state index is 5.59. The molecule has 1 aromatic carbocycles. The van der Waals surface area contributed by atoms with Crippen LogP contribution in [0.2, 0.25) is 0 Å². The van der Waals surface area contributed by atoms with Gasteiger partial charge < -0.3 is 15.1 Å². The Morgan fingerprint density at radius 2 is 1.93 bits per heavy atom. The maximum atomic E-state index is 5.59. The molecule has 0 aliphatic carbocycles. The van der Waals surface area contributed by atoms with E-state index in [9.17, 15) is 0 Å². The van der Waals surface area contributed by atoms with Crippen LogP contribution in [0.25, 0.3) is 11.5 Å². The van der Waals surface area contributed by atoms with Crippen molar-refractivity contribution in [3.05, 3.63) is 64.7 Å². The maximum Gasteiger partial charge on any atom is 0.226 e. The summed E-state index contributed by atoms with van der Waals surface area (Å²) in [4.78, 5) is 10.5. The molecule has 0 fully saturated rings. The SMILES string of the molecule is CCNC(=NCc1coc(-c2ccccc2)n1)NCC(C)(C)c1cccs1.I. The normalized spacial score (nSPS) is 11.8. The highest BCUT2D eigenvalue weighted by Gasteiger charge is 2.21. The minimum atomic E-state index is 0. The van der Waals surface area contributed by atoms with E-state index in [0.29, 0.717) is 12.4 Å². The number of nitrogens with one attached hydrogen (secondary N) is 2. The molecule has 3 aromatic rings. The highest BCUT2D eigenvalue weighted by Crippen LogP contribution is 2.26. The first-order valence-corrected chi connectivity index (χ1v) is 10.0. The van der Waals surface area contributed by atoms with E-state index in [1.54, 1.807) is 17.6 Å². The fraction of sp³-hybridized carbons (Fsp3) is 0.333. The molecular weight excluding hydrogens is 483 g/mol. The van der Waals surface area contributed by atoms with Gasteiger partial charge in [0.1, 0.15) is 12.0 Å². The highest BCUT2D eigenvalue weighted by atomic mass is 127. The molecule has 0 saturated heterocycles. The number of benzene rings is 1. The van der Waals surface area contributed by atoms with Gasteiger partial charge in [0.2, 0.25) is 5.89 Å². The summed E-state index contributed by atoms with van der Waals surface area (Å²) in [6.07, 6.45) is 1.67. The summed E-state index contributed by atoms with van der Waals surface area (Å²) in [7, 11) is 0. The number of halogens is 1. The van der Waals surface area contributed by atoms with Crippen LogP contribution in [0.1, 0.15) is 31.3 Å². The largest absolute Gasteiger partial charge is 0.444 e. The lowest BCUT2D eigenvalue weighted by Crippen LogP contribution is -2.43. The topological polar surface area (TPSA) is 62.5 Å². The minimum absolute atomic E-state index is 0. The lowest BCUT2D eigenvalue weighted by atomic mass is 9.91. The van der Waals surface area contributed by atoms with Crippen LogP contribution in [0.5, 0.6) is 0 Å². The van der Waals surface area contributed by atoms with Gasteiger partial charge in [-0.3, -0.25) is 0 Å². The molecule has 0 aliphatic heterocycles. The Morgan fingerprint density at radius 3 is 2.61 bits per heavy atom. The number of oxazole rings is 1. The van der Waals surface area contributed by atoms with Crippen LogP contribution >= 0.6 is 35.3 Å². The second-order valence-electron chi connectivity index (χ2n) is 6.92. The fourth-order valence-corrected chi connectivity index (χ4v) is 3.50. The molecule has 5 nitrogen and oxygen atoms in total. The molecule has 0 aliphatic rings. The average molecular weight is 510 g/mol. The number of nitrogens with zero attached hydrogens (tertiary/aromatic N) is 2. The lowest BCUT2D eigenvalue weighted by molar-refractivity contribution is 0.518. The van der Waals surface area contributed by atoms with E-state index in [4.69, 9.17) is 4.42 Å². The molecule has 2 N–H and O–H groups in total. The van der Waals surface area contributed by atoms with Crippen LogP contribution in [-0.2, 0) is 12.0 Å². The van der Waals surface area contributed by atoms with Gasteiger partial charge in [-0.2, -0.15) is 0 Å². The molecule has 0 amide bonds. The quantitative estimate of drug-likeness (QED) is 0.265. The van der Waals surface area contributed by atoms with Crippen LogP contribution in [0.15, 0.2) is 63.5 Å². The van der Waals surface area contributed by atoms with Gasteiger partial charge in [-0.25, -0.2) is 9.98 Å². The number of aromatic nitrogens is 1. The number of aliphatic imine (C=N–C) groups is 1. The molecular formula is C21H27IN4OS. The second-order valence-corrected chi connectivity index (χ2v) is 7.87. The lowest BCUT2D eigenvalue weighted by Gasteiger charge is -2.25. The van der Waals surface area contributed by atoms with Gasteiger partial charge in [-0.1, -0.05) is 38.1 Å². The Kier molecular flexibility index (Phi) is 8.50. The number of hydrogen-bond donors (Lipinski definition) is 2. The van der Waals surface area contributed by atoms with E-state index < -0.39 is 0 Å². The van der Waals surface area contributed by atoms with E-state index in [0.717, 1.165) is 30.3 Å². The van der Waals surface area contributed by atoms with Crippen molar-refractivity contribution in [3.8, 4) is 11.5 Å². The molecule has 7 heteroatoms. The Bertz CT molecular complexity index is 860. The van der Waals surface area contributed by atoms with Crippen LogP contribution in [0, 0.1) is 0 Å². The van der Waals surface area contributed by atoms with Crippen LogP contribution in [-0.4, -0.2) is 24.0 Å². The first-order valence-electron chi connectivity index (χ1n) is 9.14. The summed E-state index contributed by atoms with van der Waals surface area (Å²) in [5.74, 6) is 1.41. The van der Waals surface area contributed by atoms with Crippen molar-refractivity contribution in [2.45, 2.75) is 32.7 Å². The van der Waals surface area contributed by atoms with E-state index in [-0.39, 0.29) is 29.4 Å². The third-order valence-electron chi connectivity index (χ3n) is 4.20. The van der Waals surface area contributed by atoms with E-state index >= 15 is 0 Å². The molecule has 3 rings (SSSR count). The van der Waals surface area contributed by atoms with E-state index in [1.165, 1.54) is 4.88 Å². The zero-order valence-electron chi connectivity index (χ0n) is 16.4. The molecule has 2 heterocycles. The van der Waals surface area contributed by atoms with Crippen molar-refractivity contribution in [1.82, 2.24) is 15.6 Å². The molecule has 0 bridgehead atoms. The first kappa shape index (κ1) is 22.4. The predicted octanol–water partition coefficient (Wildman–Crippen LogP) is 5.05. The molecule has 0 radical (unpaired) electrons. The van der Waals surface area contributed by atoms with Gasteiger partial charge in [-0.05, 0) is 30.5 Å². The van der Waals surface area contributed by atoms with Crippen molar-refractivity contribution in [1.29, 1.82) is 0 Å². The first-order chi connectivity index (χ1) is 13.1. The smallest absolute Gasteiger partial charge is 0.226 e. The van der Waals surface area contributed by atoms with Gasteiger partial charge in [0.15, 0.2) is 5.96 Å². The summed E-state index contributed by atoms with van der Waals surface area (Å²) < 4.78 is 5.59. The van der Waals surface area contributed by atoms with Gasteiger partial charge in [-0.15, -0.1) is 35.3 Å². The summed E-state index contributed by atoms with van der Waals surface area (Å²) >= 11 is 1.78. The molecule has 0 spiro atoms. The van der Waals surface area contributed by atoms with Gasteiger partial charge in [0, 0.05) is 28.9 Å². The Hall–Kier alpha value is -1.87. The van der Waals surface area contributed by atoms with Crippen LogP contribution in [0.3, 0.4) is 0 Å². The fourth-order valence-electron chi connectivity index (χ4n) is 2.65. The number of rotatable bonds is 7. The zero-order chi connectivity index (χ0) is 19.1. The third kappa shape index (κ3) is 6.07. The molecule has 28 heavy (non-hydrogen) atoms. The Morgan fingerprint density at radius 1 is 1.14 bits per heavy atom. The van der Waals surface area contributed by atoms with Crippen LogP contribution < -0.4 is 10.6 Å². The van der Waals surface area contributed by atoms with Crippen LogP contribution in [0.4, 0.5) is 0 Å². The molecule has 2 aromatic heterocycles. The average Bonchev–Trinajstić information content (AvgIpc) is 3.37. The third-order valence-corrected chi connectivity index (χ3v) is 5.44. The van der Waals surface area contributed by atoms with E-state index in [2.05, 4.69) is 58.9 Å². The summed E-state index contributed by atoms with van der Waals surface area (Å²) in [6, 6.07) is 14.2. The van der Waals surface area contributed by atoms with Crippen molar-refractivity contribution in [2.75, 3.05) is 13.1 Å². The second kappa shape index (κ2) is 10.6. The molecule has 0 saturated carbocycles. The van der Waals surface area contributed by atoms with Crippen molar-refractivity contribution in [2.24, 2.45) is 4.99 Å². The van der Waals surface area contributed by atoms with E-state index in [1.807, 2.05) is 30.3 Å². The molecule has 0 atom stereocenters. The zero-order valence-corrected chi connectivity index (χ0v) is 19.6. The molecule has 0 unspecified atom stereocenters. The summed E-state index contributed by atoms with van der Waals surface area (Å²) in [5.41, 5.74) is 1.82. The van der Waals surface area contributed by atoms with Crippen molar-refractivity contribution >= 4 is 41.3 Å². The summed E-state index contributed by atoms with van der Waals surface area (Å²) in [6.45, 7) is 8.60. The Labute approximate surface area is 187 Å². The standard InChI is InChI=1S/C21H26N4OS.HI/c1-4-22-20(24-15-21(2,3)18-11-8-12-27-18)23-13-17-14-26-19(25-17)16-9-6-5-7-10-16;/h5-12,14H,4,13,15H2,1-3H3,(H2,22,23,24);1H. The summed E-state index contributed by atoms with van der Waals surface area (Å²) in [5, 5.41) is 8.85. The minimum Gasteiger partial charge on any atom is -0.444 e. The van der Waals surface area contributed by atoms with Crippen molar-refractivity contribution in [3.63, 3.8) is 0 Å². The molecule has 150 valence electrons. The monoisotopic (exact) mass is 510 g/mol. The van der Waals surface area contributed by atoms with Gasteiger partial charge in [0.05, 0.1) is 6.54 Å². The number of thiophene rings is 1. The van der Waals surface area contributed by atoms with Gasteiger partial charge >= 0.3 is 0 Å². The number of guanidine groups is 1. The van der Waals surface area contributed by atoms with Gasteiger partial charge in [0.25, 0.3) is 0 Å². The van der Waals surface area contributed by atoms with Crippen molar-refractivity contribution < 1.29 is 4.42 Å². The highest BCUT2D eigenvalue weighted by molar-refractivity contribution is 14.0.